The Morgan fingerprint density at radius 3 is 3.05 bits per heavy atom. The van der Waals surface area contributed by atoms with Crippen LogP contribution in [-0.4, -0.2) is 32.3 Å². The largest absolute Gasteiger partial charge is 0.359 e. The van der Waals surface area contributed by atoms with E-state index in [2.05, 4.69) is 10.3 Å². The zero-order valence-corrected chi connectivity index (χ0v) is 11.7. The maximum atomic E-state index is 12.5. The highest BCUT2D eigenvalue weighted by Crippen LogP contribution is 2.33. The van der Waals surface area contributed by atoms with Crippen LogP contribution in [0, 0.1) is 0 Å². The highest BCUT2D eigenvalue weighted by atomic mass is 16.5. The van der Waals surface area contributed by atoms with Crippen molar-refractivity contribution in [2.75, 3.05) is 6.54 Å². The molecule has 3 heterocycles. The molecule has 3 rings (SSSR count). The molecule has 6 heteroatoms. The zero-order valence-electron chi connectivity index (χ0n) is 11.7. The highest BCUT2D eigenvalue weighted by molar-refractivity contribution is 5.92. The molecule has 1 unspecified atom stereocenters. The van der Waals surface area contributed by atoms with Gasteiger partial charge in [0, 0.05) is 25.9 Å². The third-order valence-corrected chi connectivity index (χ3v) is 3.71. The van der Waals surface area contributed by atoms with E-state index in [9.17, 15) is 4.79 Å². The van der Waals surface area contributed by atoms with Crippen LogP contribution in [0.5, 0.6) is 0 Å². The number of hydrogen-bond acceptors (Lipinski definition) is 4. The molecular formula is C14H18N4O2. The van der Waals surface area contributed by atoms with Crippen molar-refractivity contribution in [3.8, 4) is 0 Å². The summed E-state index contributed by atoms with van der Waals surface area (Å²) < 4.78 is 7.03. The van der Waals surface area contributed by atoms with Crippen LogP contribution in [0.3, 0.4) is 0 Å². The minimum Gasteiger partial charge on any atom is -0.359 e. The van der Waals surface area contributed by atoms with Crippen molar-refractivity contribution in [3.63, 3.8) is 0 Å². The highest BCUT2D eigenvalue weighted by Gasteiger charge is 2.34. The van der Waals surface area contributed by atoms with Crippen LogP contribution in [0.1, 0.15) is 47.7 Å². The van der Waals surface area contributed by atoms with Crippen LogP contribution < -0.4 is 0 Å². The lowest BCUT2D eigenvalue weighted by molar-refractivity contribution is 0.0708. The summed E-state index contributed by atoms with van der Waals surface area (Å²) in [5, 5.41) is 8.20. The van der Waals surface area contributed by atoms with Crippen LogP contribution in [-0.2, 0) is 13.5 Å². The number of rotatable bonds is 3. The Bertz CT molecular complexity index is 616. The topological polar surface area (TPSA) is 64.2 Å². The Labute approximate surface area is 117 Å². The SMILES string of the molecule is CCc1cc(C2CCCN2C(=O)c2ccn(C)n2)on1. The third kappa shape index (κ3) is 2.21. The molecule has 6 nitrogen and oxygen atoms in total. The summed E-state index contributed by atoms with van der Waals surface area (Å²) in [5.74, 6) is 0.742. The summed E-state index contributed by atoms with van der Waals surface area (Å²) in [6.45, 7) is 2.77. The van der Waals surface area contributed by atoms with Crippen LogP contribution in [0.25, 0.3) is 0 Å². The Balaban J connectivity index is 1.83. The molecule has 0 N–H and O–H groups in total. The van der Waals surface area contributed by atoms with E-state index in [1.807, 2.05) is 24.9 Å². The molecule has 1 saturated heterocycles. The van der Waals surface area contributed by atoms with E-state index in [0.29, 0.717) is 5.69 Å². The van der Waals surface area contributed by atoms with Gasteiger partial charge in [0.15, 0.2) is 5.76 Å². The first-order valence-corrected chi connectivity index (χ1v) is 6.95. The van der Waals surface area contributed by atoms with Crippen molar-refractivity contribution in [2.45, 2.75) is 32.2 Å². The average Bonchev–Trinajstić information content (AvgIpc) is 3.17. The minimum absolute atomic E-state index is 0.0164. The first-order chi connectivity index (χ1) is 9.69. The van der Waals surface area contributed by atoms with Gasteiger partial charge in [-0.3, -0.25) is 9.48 Å². The Hall–Kier alpha value is -2.11. The van der Waals surface area contributed by atoms with E-state index in [0.717, 1.165) is 37.3 Å². The van der Waals surface area contributed by atoms with Gasteiger partial charge in [0.1, 0.15) is 5.69 Å². The molecule has 1 aliphatic rings. The summed E-state index contributed by atoms with van der Waals surface area (Å²) in [6, 6.07) is 3.68. The molecule has 2 aromatic rings. The monoisotopic (exact) mass is 274 g/mol. The van der Waals surface area contributed by atoms with E-state index in [-0.39, 0.29) is 11.9 Å². The molecule has 1 atom stereocenters. The number of nitrogens with zero attached hydrogens (tertiary/aromatic N) is 4. The van der Waals surface area contributed by atoms with E-state index < -0.39 is 0 Å². The van der Waals surface area contributed by atoms with Gasteiger partial charge in [0.2, 0.25) is 0 Å². The second kappa shape index (κ2) is 5.11. The molecule has 0 aromatic carbocycles. The predicted octanol–water partition coefficient (Wildman–Crippen LogP) is 1.95. The molecule has 0 spiro atoms. The Morgan fingerprint density at radius 1 is 1.55 bits per heavy atom. The van der Waals surface area contributed by atoms with Gasteiger partial charge < -0.3 is 9.42 Å². The zero-order chi connectivity index (χ0) is 14.1. The van der Waals surface area contributed by atoms with E-state index in [1.54, 1.807) is 16.9 Å². The summed E-state index contributed by atoms with van der Waals surface area (Å²) in [4.78, 5) is 14.3. The molecule has 0 saturated carbocycles. The molecule has 1 aliphatic heterocycles. The lowest BCUT2D eigenvalue weighted by Crippen LogP contribution is -2.30. The first-order valence-electron chi connectivity index (χ1n) is 6.95. The number of aryl methyl sites for hydroxylation is 2. The number of carbonyl (C=O) groups is 1. The van der Waals surface area contributed by atoms with Crippen LogP contribution in [0.2, 0.25) is 0 Å². The molecule has 106 valence electrons. The lowest BCUT2D eigenvalue weighted by Gasteiger charge is -2.21. The summed E-state index contributed by atoms with van der Waals surface area (Å²) in [7, 11) is 1.81. The molecule has 0 radical (unpaired) electrons. The van der Waals surface area contributed by atoms with Crippen molar-refractivity contribution >= 4 is 5.91 Å². The number of hydrogen-bond donors (Lipinski definition) is 0. The second-order valence-corrected chi connectivity index (χ2v) is 5.11. The fraction of sp³-hybridized carbons (Fsp3) is 0.500. The number of aromatic nitrogens is 3. The predicted molar refractivity (Wildman–Crippen MR) is 72.1 cm³/mol. The Kier molecular flexibility index (Phi) is 3.30. The summed E-state index contributed by atoms with van der Waals surface area (Å²) >= 11 is 0. The molecule has 0 bridgehead atoms. The van der Waals surface area contributed by atoms with Crippen LogP contribution >= 0.6 is 0 Å². The van der Waals surface area contributed by atoms with Crippen LogP contribution in [0.15, 0.2) is 22.9 Å². The molecule has 20 heavy (non-hydrogen) atoms. The Morgan fingerprint density at radius 2 is 2.40 bits per heavy atom. The number of likely N-dealkylation sites (tertiary alicyclic amines) is 1. The quantitative estimate of drug-likeness (QED) is 0.858. The van der Waals surface area contributed by atoms with Gasteiger partial charge in [0.25, 0.3) is 5.91 Å². The fourth-order valence-electron chi connectivity index (χ4n) is 2.63. The van der Waals surface area contributed by atoms with Gasteiger partial charge in [-0.05, 0) is 25.3 Å². The van der Waals surface area contributed by atoms with Gasteiger partial charge in [0.05, 0.1) is 11.7 Å². The summed E-state index contributed by atoms with van der Waals surface area (Å²) in [6.07, 6.45) is 4.51. The first kappa shape index (κ1) is 12.9. The molecule has 0 aliphatic carbocycles. The number of carbonyl (C=O) groups excluding carboxylic acids is 1. The standard InChI is InChI=1S/C14H18N4O2/c1-3-10-9-13(20-16-10)12-5-4-7-18(12)14(19)11-6-8-17(2)15-11/h6,8-9,12H,3-5,7H2,1-2H3. The third-order valence-electron chi connectivity index (χ3n) is 3.71. The summed E-state index contributed by atoms with van der Waals surface area (Å²) in [5.41, 5.74) is 1.41. The maximum Gasteiger partial charge on any atom is 0.274 e. The van der Waals surface area contributed by atoms with Gasteiger partial charge >= 0.3 is 0 Å². The van der Waals surface area contributed by atoms with Crippen molar-refractivity contribution in [1.29, 1.82) is 0 Å². The van der Waals surface area contributed by atoms with Gasteiger partial charge in [-0.2, -0.15) is 5.10 Å². The van der Waals surface area contributed by atoms with Crippen molar-refractivity contribution < 1.29 is 9.32 Å². The normalized spacial score (nSPS) is 18.7. The molecule has 1 fully saturated rings. The van der Waals surface area contributed by atoms with E-state index >= 15 is 0 Å². The molecular weight excluding hydrogens is 256 g/mol. The van der Waals surface area contributed by atoms with Crippen molar-refractivity contribution in [2.24, 2.45) is 7.05 Å². The van der Waals surface area contributed by atoms with E-state index in [1.165, 1.54) is 0 Å². The number of amides is 1. The smallest absolute Gasteiger partial charge is 0.274 e. The van der Waals surface area contributed by atoms with Gasteiger partial charge in [-0.15, -0.1) is 0 Å². The van der Waals surface area contributed by atoms with Crippen molar-refractivity contribution in [3.05, 3.63) is 35.5 Å². The van der Waals surface area contributed by atoms with Crippen LogP contribution in [0.4, 0.5) is 0 Å². The maximum absolute atomic E-state index is 12.5. The van der Waals surface area contributed by atoms with Gasteiger partial charge in [-0.25, -0.2) is 0 Å². The molecule has 2 aromatic heterocycles. The average molecular weight is 274 g/mol. The lowest BCUT2D eigenvalue weighted by atomic mass is 10.1. The fourth-order valence-corrected chi connectivity index (χ4v) is 2.63. The minimum atomic E-state index is -0.0393. The van der Waals surface area contributed by atoms with Gasteiger partial charge in [-0.1, -0.05) is 12.1 Å². The van der Waals surface area contributed by atoms with E-state index in [4.69, 9.17) is 4.52 Å². The van der Waals surface area contributed by atoms with Crippen molar-refractivity contribution in [1.82, 2.24) is 19.8 Å². The second-order valence-electron chi connectivity index (χ2n) is 5.11. The molecule has 1 amide bonds.